The second-order valence-corrected chi connectivity index (χ2v) is 8.17. The summed E-state index contributed by atoms with van der Waals surface area (Å²) in [6.45, 7) is 0.735. The standard InChI is InChI=1S/C27H28O6/c1-30-24-11-9-19(15-26(24)31-2)12-21-17-33-27(29)22(21)13-20-8-10-23(28)25(14-20)32-16-18-6-4-3-5-7-18/h3-11,14-15,21-22,28H,12-13,16-17H2,1-2H3/t21-,22+/m0/s1. The van der Waals surface area contributed by atoms with Gasteiger partial charge in [-0.25, -0.2) is 0 Å². The first-order valence-corrected chi connectivity index (χ1v) is 10.9. The predicted molar refractivity (Wildman–Crippen MR) is 124 cm³/mol. The van der Waals surface area contributed by atoms with E-state index >= 15 is 0 Å². The molecule has 0 saturated carbocycles. The SMILES string of the molecule is COc1ccc(C[C@H]2COC(=O)[C@@H]2Cc2ccc(O)c(OCc3ccccc3)c2)cc1OC. The van der Waals surface area contributed by atoms with Crippen LogP contribution in [0.1, 0.15) is 16.7 Å². The number of phenolic OH excluding ortho intramolecular Hbond substituents is 1. The van der Waals surface area contributed by atoms with E-state index in [1.54, 1.807) is 26.4 Å². The molecule has 2 atom stereocenters. The maximum Gasteiger partial charge on any atom is 0.309 e. The lowest BCUT2D eigenvalue weighted by Crippen LogP contribution is -2.20. The van der Waals surface area contributed by atoms with Crippen molar-refractivity contribution in [1.29, 1.82) is 0 Å². The van der Waals surface area contributed by atoms with Crippen LogP contribution in [0, 0.1) is 11.8 Å². The average molecular weight is 449 g/mol. The Kier molecular flexibility index (Phi) is 7.03. The molecule has 0 unspecified atom stereocenters. The normalized spacial score (nSPS) is 17.5. The van der Waals surface area contributed by atoms with Crippen molar-refractivity contribution in [2.45, 2.75) is 19.4 Å². The summed E-state index contributed by atoms with van der Waals surface area (Å²) in [7, 11) is 3.21. The van der Waals surface area contributed by atoms with Crippen molar-refractivity contribution in [3.63, 3.8) is 0 Å². The van der Waals surface area contributed by atoms with Gasteiger partial charge in [0.25, 0.3) is 0 Å². The van der Waals surface area contributed by atoms with Gasteiger partial charge in [0.1, 0.15) is 6.61 Å². The minimum Gasteiger partial charge on any atom is -0.504 e. The molecule has 172 valence electrons. The molecule has 3 aromatic rings. The van der Waals surface area contributed by atoms with E-state index in [2.05, 4.69) is 0 Å². The summed E-state index contributed by atoms with van der Waals surface area (Å²) < 4.78 is 22.0. The van der Waals surface area contributed by atoms with E-state index in [1.165, 1.54) is 0 Å². The van der Waals surface area contributed by atoms with Gasteiger partial charge in [-0.15, -0.1) is 0 Å². The maximum absolute atomic E-state index is 12.5. The second kappa shape index (κ2) is 10.3. The van der Waals surface area contributed by atoms with Crippen LogP contribution in [0.25, 0.3) is 0 Å². The molecule has 1 heterocycles. The van der Waals surface area contributed by atoms with Crippen LogP contribution in [0.2, 0.25) is 0 Å². The number of phenols is 1. The number of hydrogen-bond acceptors (Lipinski definition) is 6. The van der Waals surface area contributed by atoms with E-state index in [0.29, 0.717) is 43.3 Å². The average Bonchev–Trinajstić information content (AvgIpc) is 3.18. The van der Waals surface area contributed by atoms with Crippen molar-refractivity contribution in [2.24, 2.45) is 11.8 Å². The largest absolute Gasteiger partial charge is 0.504 e. The molecule has 3 aromatic carbocycles. The summed E-state index contributed by atoms with van der Waals surface area (Å²) in [5.74, 6) is 1.38. The first kappa shape index (κ1) is 22.5. The molecule has 0 bridgehead atoms. The van der Waals surface area contributed by atoms with E-state index in [9.17, 15) is 9.90 Å². The number of esters is 1. The second-order valence-electron chi connectivity index (χ2n) is 8.17. The zero-order chi connectivity index (χ0) is 23.2. The fourth-order valence-corrected chi connectivity index (χ4v) is 4.16. The molecule has 0 spiro atoms. The molecule has 1 saturated heterocycles. The highest BCUT2D eigenvalue weighted by Gasteiger charge is 2.37. The first-order chi connectivity index (χ1) is 16.1. The molecule has 1 fully saturated rings. The first-order valence-electron chi connectivity index (χ1n) is 10.9. The lowest BCUT2D eigenvalue weighted by Gasteiger charge is -2.17. The summed E-state index contributed by atoms with van der Waals surface area (Å²) in [6, 6.07) is 20.8. The minimum absolute atomic E-state index is 0.0399. The molecule has 6 heteroatoms. The zero-order valence-corrected chi connectivity index (χ0v) is 18.8. The number of aromatic hydroxyl groups is 1. The third-order valence-electron chi connectivity index (χ3n) is 5.97. The fourth-order valence-electron chi connectivity index (χ4n) is 4.16. The van der Waals surface area contributed by atoms with Crippen molar-refractivity contribution in [3.05, 3.63) is 83.4 Å². The third kappa shape index (κ3) is 5.40. The lowest BCUT2D eigenvalue weighted by atomic mass is 9.85. The zero-order valence-electron chi connectivity index (χ0n) is 18.8. The van der Waals surface area contributed by atoms with Gasteiger partial charge < -0.3 is 24.1 Å². The molecule has 33 heavy (non-hydrogen) atoms. The van der Waals surface area contributed by atoms with Gasteiger partial charge in [0, 0.05) is 5.92 Å². The van der Waals surface area contributed by atoms with Crippen LogP contribution in [-0.2, 0) is 29.0 Å². The summed E-state index contributed by atoms with van der Waals surface area (Å²) in [4.78, 5) is 12.5. The van der Waals surface area contributed by atoms with Crippen LogP contribution >= 0.6 is 0 Å². The molecule has 1 aliphatic rings. The molecule has 0 amide bonds. The van der Waals surface area contributed by atoms with Crippen molar-refractivity contribution in [2.75, 3.05) is 20.8 Å². The Bertz CT molecular complexity index is 1100. The predicted octanol–water partition coefficient (Wildman–Crippen LogP) is 4.56. The smallest absolute Gasteiger partial charge is 0.309 e. The van der Waals surface area contributed by atoms with Gasteiger partial charge in [-0.05, 0) is 53.8 Å². The molecule has 0 aromatic heterocycles. The van der Waals surface area contributed by atoms with Crippen LogP contribution in [-0.4, -0.2) is 31.9 Å². The van der Waals surface area contributed by atoms with Crippen LogP contribution in [0.5, 0.6) is 23.0 Å². The number of hydrogen-bond donors (Lipinski definition) is 1. The third-order valence-corrected chi connectivity index (χ3v) is 5.97. The van der Waals surface area contributed by atoms with Crippen molar-refractivity contribution < 1.29 is 28.8 Å². The quantitative estimate of drug-likeness (QED) is 0.484. The Balaban J connectivity index is 1.46. The summed E-state index contributed by atoms with van der Waals surface area (Å²) >= 11 is 0. The van der Waals surface area contributed by atoms with Crippen molar-refractivity contribution >= 4 is 5.97 Å². The van der Waals surface area contributed by atoms with E-state index in [0.717, 1.165) is 16.7 Å². The van der Waals surface area contributed by atoms with Crippen LogP contribution in [0.4, 0.5) is 0 Å². The minimum atomic E-state index is -0.274. The van der Waals surface area contributed by atoms with Crippen molar-refractivity contribution in [3.8, 4) is 23.0 Å². The molecule has 0 aliphatic carbocycles. The highest BCUT2D eigenvalue weighted by atomic mass is 16.5. The Morgan fingerprint density at radius 1 is 0.848 bits per heavy atom. The Morgan fingerprint density at radius 2 is 1.55 bits per heavy atom. The number of carbonyl (C=O) groups excluding carboxylic acids is 1. The molecule has 6 nitrogen and oxygen atoms in total. The molecular formula is C27H28O6. The Labute approximate surface area is 193 Å². The van der Waals surface area contributed by atoms with Gasteiger partial charge in [0.05, 0.1) is 26.7 Å². The van der Waals surface area contributed by atoms with Crippen molar-refractivity contribution in [1.82, 2.24) is 0 Å². The van der Waals surface area contributed by atoms with E-state index in [4.69, 9.17) is 18.9 Å². The van der Waals surface area contributed by atoms with Crippen LogP contribution < -0.4 is 14.2 Å². The molecular weight excluding hydrogens is 420 g/mol. The van der Waals surface area contributed by atoms with Gasteiger partial charge in [-0.1, -0.05) is 42.5 Å². The lowest BCUT2D eigenvalue weighted by molar-refractivity contribution is -0.141. The number of benzene rings is 3. The fraction of sp³-hybridized carbons (Fsp3) is 0.296. The summed E-state index contributed by atoms with van der Waals surface area (Å²) in [6.07, 6.45) is 1.20. The number of carbonyl (C=O) groups is 1. The van der Waals surface area contributed by atoms with Gasteiger partial charge in [0.2, 0.25) is 0 Å². The summed E-state index contributed by atoms with van der Waals surface area (Å²) in [5.41, 5.74) is 2.98. The topological polar surface area (TPSA) is 74.2 Å². The van der Waals surface area contributed by atoms with Gasteiger partial charge in [-0.3, -0.25) is 4.79 Å². The highest BCUT2D eigenvalue weighted by Crippen LogP contribution is 2.34. The maximum atomic E-state index is 12.5. The van der Waals surface area contributed by atoms with Gasteiger partial charge in [-0.2, -0.15) is 0 Å². The summed E-state index contributed by atoms with van der Waals surface area (Å²) in [5, 5.41) is 10.2. The number of ether oxygens (including phenoxy) is 4. The van der Waals surface area contributed by atoms with E-state index in [1.807, 2.05) is 54.6 Å². The molecule has 1 N–H and O–H groups in total. The number of cyclic esters (lactones) is 1. The molecule has 4 rings (SSSR count). The molecule has 0 radical (unpaired) electrons. The van der Waals surface area contributed by atoms with Gasteiger partial charge >= 0.3 is 5.97 Å². The van der Waals surface area contributed by atoms with Gasteiger partial charge in [0.15, 0.2) is 23.0 Å². The van der Waals surface area contributed by atoms with E-state index < -0.39 is 0 Å². The van der Waals surface area contributed by atoms with E-state index in [-0.39, 0.29) is 23.6 Å². The Morgan fingerprint density at radius 3 is 2.30 bits per heavy atom. The number of methoxy groups -OCH3 is 2. The monoisotopic (exact) mass is 448 g/mol. The Hall–Kier alpha value is -3.67. The van der Waals surface area contributed by atoms with Crippen LogP contribution in [0.15, 0.2) is 66.7 Å². The highest BCUT2D eigenvalue weighted by molar-refractivity contribution is 5.75. The molecule has 1 aliphatic heterocycles. The van der Waals surface area contributed by atoms with Crippen LogP contribution in [0.3, 0.4) is 0 Å². The number of rotatable bonds is 9.